The highest BCUT2D eigenvalue weighted by Gasteiger charge is 2.40. The van der Waals surface area contributed by atoms with Crippen LogP contribution >= 0.6 is 23.5 Å². The first-order chi connectivity index (χ1) is 26.3. The van der Waals surface area contributed by atoms with Gasteiger partial charge in [-0.15, -0.1) is 0 Å². The highest BCUT2D eigenvalue weighted by Crippen LogP contribution is 2.63. The molecular weight excluding hydrogens is 721 g/mol. The number of nitrogens with one attached hydrogen (secondary N) is 4. The Hall–Kier alpha value is -6.76. The smallest absolute Gasteiger partial charge is 0.259 e. The van der Waals surface area contributed by atoms with Gasteiger partial charge in [0.2, 0.25) is 11.6 Å². The maximum Gasteiger partial charge on any atom is 0.259 e. The Labute approximate surface area is 316 Å². The molecule has 5 aromatic carbocycles. The van der Waals surface area contributed by atoms with Gasteiger partial charge in [0.15, 0.2) is 11.5 Å². The second-order valence-electron chi connectivity index (χ2n) is 12.6. The number of thioether (sulfide) groups is 2. The van der Waals surface area contributed by atoms with Gasteiger partial charge in [-0.2, -0.15) is 0 Å². The molecule has 6 N–H and O–H groups in total. The number of Topliss-reactive ketones (excluding diaryl/α,β-unsaturated/α-hetero) is 2. The van der Waals surface area contributed by atoms with Gasteiger partial charge in [-0.1, -0.05) is 108 Å². The van der Waals surface area contributed by atoms with Crippen LogP contribution in [0.15, 0.2) is 140 Å². The largest absolute Gasteiger partial charge is 0.505 e. The van der Waals surface area contributed by atoms with E-state index in [1.54, 1.807) is 97.1 Å². The van der Waals surface area contributed by atoms with Gasteiger partial charge in [-0.3, -0.25) is 19.2 Å². The number of carbonyl (C=O) groups is 4. The van der Waals surface area contributed by atoms with Gasteiger partial charge in [-0.05, 0) is 58.7 Å². The summed E-state index contributed by atoms with van der Waals surface area (Å²) in [5.41, 5.74) is 4.21. The Morgan fingerprint density at radius 2 is 0.889 bits per heavy atom. The molecule has 0 aromatic heterocycles. The van der Waals surface area contributed by atoms with E-state index in [0.717, 1.165) is 23.5 Å². The molecule has 4 aliphatic rings. The number of aromatic hydroxyl groups is 2. The maximum absolute atomic E-state index is 14.1. The fourth-order valence-corrected chi connectivity index (χ4v) is 8.92. The van der Waals surface area contributed by atoms with Crippen molar-refractivity contribution in [2.24, 2.45) is 0 Å². The zero-order valence-electron chi connectivity index (χ0n) is 27.9. The lowest BCUT2D eigenvalue weighted by Gasteiger charge is -2.20. The van der Waals surface area contributed by atoms with Crippen molar-refractivity contribution in [2.75, 3.05) is 21.3 Å². The molecule has 0 saturated heterocycles. The third-order valence-corrected chi connectivity index (χ3v) is 11.5. The number of carbonyl (C=O) groups excluding carboxylic acids is 4. The van der Waals surface area contributed by atoms with E-state index in [9.17, 15) is 29.4 Å². The second kappa shape index (κ2) is 13.0. The lowest BCUT2D eigenvalue weighted by atomic mass is 9.86. The van der Waals surface area contributed by atoms with Crippen LogP contribution in [-0.4, -0.2) is 33.6 Å². The van der Waals surface area contributed by atoms with Crippen LogP contribution < -0.4 is 21.3 Å². The van der Waals surface area contributed by atoms with Gasteiger partial charge in [0.25, 0.3) is 11.8 Å². The Kier molecular flexibility index (Phi) is 7.98. The number of phenols is 2. The van der Waals surface area contributed by atoms with Crippen LogP contribution in [0.4, 0.5) is 22.7 Å². The molecular formula is C42H26N4O6S2. The number of hydrogen-bond acceptors (Lipinski definition) is 10. The fourth-order valence-electron chi connectivity index (χ4n) is 6.70. The molecule has 0 spiro atoms. The third-order valence-electron chi connectivity index (χ3n) is 9.25. The van der Waals surface area contributed by atoms with Gasteiger partial charge in [0.05, 0.1) is 42.1 Å². The van der Waals surface area contributed by atoms with Crippen LogP contribution in [0.5, 0.6) is 11.5 Å². The summed E-state index contributed by atoms with van der Waals surface area (Å²) < 4.78 is 0. The predicted octanol–water partition coefficient (Wildman–Crippen LogP) is 8.08. The number of hydrogen-bond donors (Lipinski definition) is 6. The molecule has 2 aliphatic carbocycles. The number of ketones is 2. The molecule has 2 aliphatic heterocycles. The highest BCUT2D eigenvalue weighted by atomic mass is 32.2. The lowest BCUT2D eigenvalue weighted by molar-refractivity contribution is -0.118. The summed E-state index contributed by atoms with van der Waals surface area (Å²) in [6, 6.07) is 32.0. The van der Waals surface area contributed by atoms with Crippen molar-refractivity contribution in [1.29, 1.82) is 0 Å². The summed E-state index contributed by atoms with van der Waals surface area (Å²) in [6.45, 7) is 0. The Morgan fingerprint density at radius 1 is 0.519 bits per heavy atom. The van der Waals surface area contributed by atoms with E-state index in [-0.39, 0.29) is 55.0 Å². The molecule has 12 heteroatoms. The molecule has 0 unspecified atom stereocenters. The Balaban J connectivity index is 1.07. The van der Waals surface area contributed by atoms with Crippen molar-refractivity contribution < 1.29 is 29.4 Å². The van der Waals surface area contributed by atoms with Crippen molar-refractivity contribution in [1.82, 2.24) is 0 Å². The molecule has 0 fully saturated rings. The second-order valence-corrected chi connectivity index (χ2v) is 14.6. The molecule has 9 rings (SSSR count). The first-order valence-corrected chi connectivity index (χ1v) is 18.3. The van der Waals surface area contributed by atoms with E-state index in [1.807, 2.05) is 24.3 Å². The number of anilines is 4. The molecule has 2 amide bonds. The molecule has 0 radical (unpaired) electrons. The van der Waals surface area contributed by atoms with Gasteiger partial charge in [-0.25, -0.2) is 0 Å². The summed E-state index contributed by atoms with van der Waals surface area (Å²) in [6.07, 6.45) is 3.12. The number of allylic oxidation sites excluding steroid dienone is 2. The number of phenolic OH excluding ortho intramolecular Hbond substituents is 2. The van der Waals surface area contributed by atoms with Gasteiger partial charge < -0.3 is 31.5 Å². The molecule has 5 aromatic rings. The molecule has 262 valence electrons. The van der Waals surface area contributed by atoms with Crippen LogP contribution in [0.1, 0.15) is 22.3 Å². The topological polar surface area (TPSA) is 157 Å². The summed E-state index contributed by atoms with van der Waals surface area (Å²) in [4.78, 5) is 55.5. The van der Waals surface area contributed by atoms with Crippen molar-refractivity contribution in [3.8, 4) is 11.5 Å². The average Bonchev–Trinajstić information content (AvgIpc) is 3.84. The molecule has 2 heterocycles. The fraction of sp³-hybridized carbons (Fsp3) is 0. The number of para-hydroxylation sites is 2. The summed E-state index contributed by atoms with van der Waals surface area (Å²) >= 11 is 2.10. The van der Waals surface area contributed by atoms with E-state index in [2.05, 4.69) is 21.3 Å². The quantitative estimate of drug-likeness (QED) is 0.0460. The van der Waals surface area contributed by atoms with Crippen LogP contribution in [0.25, 0.3) is 23.3 Å². The first kappa shape index (κ1) is 33.1. The summed E-state index contributed by atoms with van der Waals surface area (Å²) in [5, 5.41) is 35.9. The van der Waals surface area contributed by atoms with E-state index >= 15 is 0 Å². The van der Waals surface area contributed by atoms with Gasteiger partial charge in [0.1, 0.15) is 11.4 Å². The monoisotopic (exact) mass is 746 g/mol. The van der Waals surface area contributed by atoms with E-state index in [1.165, 1.54) is 0 Å². The van der Waals surface area contributed by atoms with Crippen molar-refractivity contribution in [3.05, 3.63) is 153 Å². The third kappa shape index (κ3) is 5.47. The van der Waals surface area contributed by atoms with E-state index in [0.29, 0.717) is 43.7 Å². The standard InChI is InChI=1S/C42H26N4O6S2/c47-33-27(39(51)43-23-13-3-1-4-14-23)19-21-11-7-9-17-25(21)29(33)41-45-31-35(49)38-32(36(50)37(31)53-41)46-42(54-38)30-26-18-10-8-12-22(26)20-28(34(30)48)40(52)44-24-15-5-2-6-16-24/h1-20,45-46,49-50H,(H,43,51)(H,44,52)/b41-29+,42-30+. The maximum atomic E-state index is 14.1. The summed E-state index contributed by atoms with van der Waals surface area (Å²) in [5.74, 6) is -2.61. The Morgan fingerprint density at radius 3 is 1.30 bits per heavy atom. The van der Waals surface area contributed by atoms with Crippen molar-refractivity contribution in [2.45, 2.75) is 9.79 Å². The SMILES string of the molecule is O=C(Nc1ccccc1)C1=Cc2ccccc2/C(=C2/Nc3c(O)c4c(c(O)c3S2)N/C(=C2\C(=O)C(C(=O)Nc3ccccc3)=Cc3ccccc32)S4)C1=O. The zero-order valence-corrected chi connectivity index (χ0v) is 29.5. The highest BCUT2D eigenvalue weighted by molar-refractivity contribution is 8.04. The van der Waals surface area contributed by atoms with Gasteiger partial charge in [0, 0.05) is 11.4 Å². The van der Waals surface area contributed by atoms with E-state index in [4.69, 9.17) is 0 Å². The molecule has 0 saturated carbocycles. The molecule has 0 atom stereocenters. The van der Waals surface area contributed by atoms with Crippen molar-refractivity contribution in [3.63, 3.8) is 0 Å². The van der Waals surface area contributed by atoms with Gasteiger partial charge >= 0.3 is 0 Å². The molecule has 0 bridgehead atoms. The van der Waals surface area contributed by atoms with Crippen LogP contribution in [-0.2, 0) is 19.2 Å². The van der Waals surface area contributed by atoms with Crippen molar-refractivity contribution >= 4 is 93.0 Å². The van der Waals surface area contributed by atoms with Crippen LogP contribution in [0.2, 0.25) is 0 Å². The minimum Gasteiger partial charge on any atom is -0.505 e. The van der Waals surface area contributed by atoms with Crippen LogP contribution in [0, 0.1) is 0 Å². The zero-order chi connectivity index (χ0) is 37.1. The van der Waals surface area contributed by atoms with E-state index < -0.39 is 23.4 Å². The molecule has 54 heavy (non-hydrogen) atoms. The number of amides is 2. The minimum absolute atomic E-state index is 0.0638. The number of benzene rings is 5. The normalized spacial score (nSPS) is 17.9. The summed E-state index contributed by atoms with van der Waals surface area (Å²) in [7, 11) is 0. The number of rotatable bonds is 4. The predicted molar refractivity (Wildman–Crippen MR) is 212 cm³/mol. The lowest BCUT2D eigenvalue weighted by Crippen LogP contribution is -2.24. The average molecular weight is 747 g/mol. The number of fused-ring (bicyclic) bond motifs is 4. The van der Waals surface area contributed by atoms with Crippen LogP contribution in [0.3, 0.4) is 0 Å². The minimum atomic E-state index is -0.570. The Bertz CT molecular complexity index is 2430. The molecule has 10 nitrogen and oxygen atoms in total. The first-order valence-electron chi connectivity index (χ1n) is 16.7.